The van der Waals surface area contributed by atoms with Crippen LogP contribution in [0.4, 0.5) is 4.79 Å². The lowest BCUT2D eigenvalue weighted by Gasteiger charge is -2.14. The summed E-state index contributed by atoms with van der Waals surface area (Å²) in [7, 11) is 0. The average molecular weight is 453 g/mol. The van der Waals surface area contributed by atoms with Crippen LogP contribution in [0.15, 0.2) is 47.4 Å². The lowest BCUT2D eigenvalue weighted by Crippen LogP contribution is -2.38. The van der Waals surface area contributed by atoms with Gasteiger partial charge in [0.05, 0.1) is 4.91 Å². The monoisotopic (exact) mass is 452 g/mol. The van der Waals surface area contributed by atoms with E-state index in [9.17, 15) is 14.4 Å². The largest absolute Gasteiger partial charge is 0.483 e. The number of nitrogens with one attached hydrogen (secondary N) is 1. The number of amides is 3. The number of thioether (sulfide) groups is 1. The maximum Gasteiger partial charge on any atom is 0.293 e. The van der Waals surface area contributed by atoms with Gasteiger partial charge in [-0.3, -0.25) is 19.3 Å². The van der Waals surface area contributed by atoms with Gasteiger partial charge in [0.2, 0.25) is 0 Å². The average Bonchev–Trinajstić information content (AvgIpc) is 3.02. The molecule has 0 atom stereocenters. The zero-order chi connectivity index (χ0) is 23.3. The van der Waals surface area contributed by atoms with E-state index in [1.165, 1.54) is 0 Å². The van der Waals surface area contributed by atoms with Crippen LogP contribution in [0, 0.1) is 13.8 Å². The minimum absolute atomic E-state index is 0.115. The number of benzene rings is 2. The van der Waals surface area contributed by atoms with E-state index < -0.39 is 0 Å². The summed E-state index contributed by atoms with van der Waals surface area (Å²) in [6.45, 7) is 8.27. The third-order valence-corrected chi connectivity index (χ3v) is 6.05. The predicted molar refractivity (Wildman–Crippen MR) is 128 cm³/mol. The van der Waals surface area contributed by atoms with Crippen molar-refractivity contribution in [2.75, 3.05) is 19.7 Å². The van der Waals surface area contributed by atoms with E-state index in [-0.39, 0.29) is 36.7 Å². The van der Waals surface area contributed by atoms with Crippen molar-refractivity contribution in [3.8, 4) is 5.75 Å². The van der Waals surface area contributed by atoms with Gasteiger partial charge in [-0.05, 0) is 60.4 Å². The molecule has 1 saturated heterocycles. The molecule has 7 heteroatoms. The Morgan fingerprint density at radius 3 is 2.53 bits per heavy atom. The summed E-state index contributed by atoms with van der Waals surface area (Å²) in [5.41, 5.74) is 4.09. The van der Waals surface area contributed by atoms with Crippen molar-refractivity contribution in [2.45, 2.75) is 33.6 Å². The quantitative estimate of drug-likeness (QED) is 0.590. The number of hydrogen-bond acceptors (Lipinski definition) is 5. The first-order chi connectivity index (χ1) is 15.2. The molecule has 3 rings (SSSR count). The fourth-order valence-electron chi connectivity index (χ4n) is 3.14. The van der Waals surface area contributed by atoms with Crippen molar-refractivity contribution in [3.05, 3.63) is 69.6 Å². The fourth-order valence-corrected chi connectivity index (χ4v) is 4.00. The molecule has 6 nitrogen and oxygen atoms in total. The van der Waals surface area contributed by atoms with Crippen LogP contribution in [0.2, 0.25) is 0 Å². The summed E-state index contributed by atoms with van der Waals surface area (Å²) in [4.78, 5) is 38.5. The molecule has 0 unspecified atom stereocenters. The number of rotatable bonds is 8. The molecule has 2 aromatic rings. The molecule has 168 valence electrons. The van der Waals surface area contributed by atoms with Crippen molar-refractivity contribution in [2.24, 2.45) is 0 Å². The maximum absolute atomic E-state index is 12.6. The smallest absolute Gasteiger partial charge is 0.293 e. The third kappa shape index (κ3) is 6.01. The number of carbonyl (C=O) groups excluding carboxylic acids is 3. The molecular weight excluding hydrogens is 424 g/mol. The molecular formula is C25H28N2O4S. The molecule has 0 saturated carbocycles. The third-order valence-electron chi connectivity index (χ3n) is 5.14. The van der Waals surface area contributed by atoms with Crippen molar-refractivity contribution < 1.29 is 19.1 Å². The van der Waals surface area contributed by atoms with E-state index in [1.807, 2.05) is 50.2 Å². The topological polar surface area (TPSA) is 75.7 Å². The number of nitrogens with zero attached hydrogens (tertiary/aromatic N) is 1. The maximum atomic E-state index is 12.6. The Balaban J connectivity index is 1.49. The van der Waals surface area contributed by atoms with Gasteiger partial charge in [-0.2, -0.15) is 0 Å². The van der Waals surface area contributed by atoms with E-state index in [2.05, 4.69) is 25.2 Å². The summed E-state index contributed by atoms with van der Waals surface area (Å²) in [6.07, 6.45) is 1.71. The molecule has 1 aliphatic heterocycles. The SMILES string of the molecule is Cc1ccc(C=C2SC(=O)N(CCNC(=O)COc3cc(C(C)C)ccc3C)C2=O)cc1. The fraction of sp³-hybridized carbons (Fsp3) is 0.320. The van der Waals surface area contributed by atoms with Gasteiger partial charge in [0.15, 0.2) is 6.61 Å². The zero-order valence-corrected chi connectivity index (χ0v) is 19.6. The molecule has 0 radical (unpaired) electrons. The highest BCUT2D eigenvalue weighted by atomic mass is 32.2. The van der Waals surface area contributed by atoms with Crippen LogP contribution in [0.1, 0.15) is 42.0 Å². The Hall–Kier alpha value is -3.06. The molecule has 3 amide bonds. The molecule has 1 fully saturated rings. The Kier molecular flexibility index (Phi) is 7.75. The Morgan fingerprint density at radius 1 is 1.12 bits per heavy atom. The van der Waals surface area contributed by atoms with Gasteiger partial charge in [0, 0.05) is 13.1 Å². The molecule has 0 spiro atoms. The van der Waals surface area contributed by atoms with E-state index in [1.54, 1.807) is 6.08 Å². The van der Waals surface area contributed by atoms with Gasteiger partial charge >= 0.3 is 0 Å². The summed E-state index contributed by atoms with van der Waals surface area (Å²) < 4.78 is 5.67. The van der Waals surface area contributed by atoms with E-state index >= 15 is 0 Å². The van der Waals surface area contributed by atoms with Crippen LogP contribution in [-0.4, -0.2) is 41.6 Å². The number of ether oxygens (including phenoxy) is 1. The van der Waals surface area contributed by atoms with Crippen molar-refractivity contribution in [1.82, 2.24) is 10.2 Å². The zero-order valence-electron chi connectivity index (χ0n) is 18.8. The molecule has 32 heavy (non-hydrogen) atoms. The first kappa shape index (κ1) is 23.6. The van der Waals surface area contributed by atoms with Gasteiger partial charge in [-0.25, -0.2) is 0 Å². The van der Waals surface area contributed by atoms with Gasteiger partial charge < -0.3 is 10.1 Å². The molecule has 1 heterocycles. The van der Waals surface area contributed by atoms with E-state index in [0.29, 0.717) is 16.6 Å². The number of carbonyl (C=O) groups is 3. The van der Waals surface area contributed by atoms with E-state index in [0.717, 1.165) is 38.9 Å². The van der Waals surface area contributed by atoms with Gasteiger partial charge in [-0.15, -0.1) is 0 Å². The van der Waals surface area contributed by atoms with E-state index in [4.69, 9.17) is 4.74 Å². The summed E-state index contributed by atoms with van der Waals surface area (Å²) >= 11 is 0.914. The lowest BCUT2D eigenvalue weighted by atomic mass is 10.0. The first-order valence-corrected chi connectivity index (χ1v) is 11.4. The predicted octanol–water partition coefficient (Wildman–Crippen LogP) is 4.66. The summed E-state index contributed by atoms with van der Waals surface area (Å²) in [5, 5.41) is 2.38. The highest BCUT2D eigenvalue weighted by Crippen LogP contribution is 2.32. The second-order valence-electron chi connectivity index (χ2n) is 8.06. The number of aryl methyl sites for hydroxylation is 2. The Bertz CT molecular complexity index is 1040. The van der Waals surface area contributed by atoms with Crippen LogP contribution >= 0.6 is 11.8 Å². The van der Waals surface area contributed by atoms with Crippen LogP contribution in [0.3, 0.4) is 0 Å². The molecule has 1 aliphatic rings. The van der Waals surface area contributed by atoms with Crippen molar-refractivity contribution >= 4 is 34.9 Å². The highest BCUT2D eigenvalue weighted by Gasteiger charge is 2.34. The van der Waals surface area contributed by atoms with Crippen molar-refractivity contribution in [1.29, 1.82) is 0 Å². The first-order valence-electron chi connectivity index (χ1n) is 10.6. The van der Waals surface area contributed by atoms with Crippen molar-refractivity contribution in [3.63, 3.8) is 0 Å². The highest BCUT2D eigenvalue weighted by molar-refractivity contribution is 8.18. The van der Waals surface area contributed by atoms with Crippen LogP contribution in [-0.2, 0) is 9.59 Å². The molecule has 0 aromatic heterocycles. The van der Waals surface area contributed by atoms with Crippen LogP contribution < -0.4 is 10.1 Å². The second kappa shape index (κ2) is 10.5. The standard InChI is InChI=1S/C25H28N2O4S/c1-16(2)20-10-7-18(4)21(14-20)31-15-23(28)26-11-12-27-24(29)22(32-25(27)30)13-19-8-5-17(3)6-9-19/h5-10,13-14,16H,11-12,15H2,1-4H3,(H,26,28). The second-order valence-corrected chi connectivity index (χ2v) is 9.06. The lowest BCUT2D eigenvalue weighted by molar-refractivity contribution is -0.125. The number of imide groups is 1. The Labute approximate surface area is 193 Å². The van der Waals surface area contributed by atoms with Crippen LogP contribution in [0.25, 0.3) is 6.08 Å². The minimum atomic E-state index is -0.341. The molecule has 2 aromatic carbocycles. The minimum Gasteiger partial charge on any atom is -0.483 e. The van der Waals surface area contributed by atoms with Crippen LogP contribution in [0.5, 0.6) is 5.75 Å². The molecule has 0 bridgehead atoms. The Morgan fingerprint density at radius 2 is 1.84 bits per heavy atom. The summed E-state index contributed by atoms with van der Waals surface area (Å²) in [6, 6.07) is 13.7. The normalized spacial score (nSPS) is 15.0. The van der Waals surface area contributed by atoms with Gasteiger partial charge in [0.1, 0.15) is 5.75 Å². The molecule has 0 aliphatic carbocycles. The van der Waals surface area contributed by atoms with Gasteiger partial charge in [-0.1, -0.05) is 55.8 Å². The van der Waals surface area contributed by atoms with Gasteiger partial charge in [0.25, 0.3) is 17.1 Å². The molecule has 1 N–H and O–H groups in total. The summed E-state index contributed by atoms with van der Waals surface area (Å²) in [5.74, 6) is 0.400. The number of hydrogen-bond donors (Lipinski definition) is 1.